The average molecular weight is 226 g/mol. The smallest absolute Gasteiger partial charge is 0.313 e. The standard InChI is InChI=1S/C11H14O5/c1-3-15-11(13)6-9(12)10-5-4-8(16-10)7-14-2/h4-5H,3,6-7H2,1-2H3. The topological polar surface area (TPSA) is 65.7 Å². The lowest BCUT2D eigenvalue weighted by atomic mass is 10.2. The van der Waals surface area contributed by atoms with Crippen molar-refractivity contribution in [3.8, 4) is 0 Å². The summed E-state index contributed by atoms with van der Waals surface area (Å²) in [7, 11) is 1.53. The van der Waals surface area contributed by atoms with E-state index in [1.165, 1.54) is 13.2 Å². The van der Waals surface area contributed by atoms with Gasteiger partial charge in [0.25, 0.3) is 0 Å². The number of ether oxygens (including phenoxy) is 2. The van der Waals surface area contributed by atoms with Crippen molar-refractivity contribution in [1.82, 2.24) is 0 Å². The molecule has 1 rings (SSSR count). The Bertz CT molecular complexity index is 366. The first-order chi connectivity index (χ1) is 7.67. The lowest BCUT2D eigenvalue weighted by Crippen LogP contribution is -2.10. The number of methoxy groups -OCH3 is 1. The first-order valence-corrected chi connectivity index (χ1v) is 4.93. The normalized spacial score (nSPS) is 10.1. The quantitative estimate of drug-likeness (QED) is 0.418. The molecule has 0 amide bonds. The highest BCUT2D eigenvalue weighted by Crippen LogP contribution is 2.11. The van der Waals surface area contributed by atoms with E-state index < -0.39 is 5.97 Å². The molecule has 0 N–H and O–H groups in total. The fourth-order valence-electron chi connectivity index (χ4n) is 1.18. The van der Waals surface area contributed by atoms with Crippen molar-refractivity contribution in [3.05, 3.63) is 23.7 Å². The molecule has 5 nitrogen and oxygen atoms in total. The van der Waals surface area contributed by atoms with E-state index >= 15 is 0 Å². The fraction of sp³-hybridized carbons (Fsp3) is 0.455. The molecule has 0 radical (unpaired) electrons. The Morgan fingerprint density at radius 1 is 1.38 bits per heavy atom. The zero-order valence-corrected chi connectivity index (χ0v) is 9.32. The van der Waals surface area contributed by atoms with Crippen LogP contribution in [0.5, 0.6) is 0 Å². The Morgan fingerprint density at radius 2 is 2.12 bits per heavy atom. The first-order valence-electron chi connectivity index (χ1n) is 4.93. The predicted molar refractivity (Wildman–Crippen MR) is 55.0 cm³/mol. The zero-order valence-electron chi connectivity index (χ0n) is 9.32. The molecule has 0 aromatic carbocycles. The number of carbonyl (C=O) groups excluding carboxylic acids is 2. The van der Waals surface area contributed by atoms with Crippen LogP contribution >= 0.6 is 0 Å². The van der Waals surface area contributed by atoms with E-state index in [1.807, 2.05) is 0 Å². The minimum atomic E-state index is -0.544. The number of Topliss-reactive ketones (excluding diaryl/α,β-unsaturated/α-hetero) is 1. The van der Waals surface area contributed by atoms with E-state index in [0.29, 0.717) is 12.4 Å². The predicted octanol–water partition coefficient (Wildman–Crippen LogP) is 1.56. The monoisotopic (exact) mass is 226 g/mol. The molecule has 1 aromatic rings. The number of furan rings is 1. The number of hydrogen-bond acceptors (Lipinski definition) is 5. The van der Waals surface area contributed by atoms with Crippen LogP contribution in [0.1, 0.15) is 29.7 Å². The van der Waals surface area contributed by atoms with Gasteiger partial charge in [-0.05, 0) is 19.1 Å². The van der Waals surface area contributed by atoms with E-state index in [9.17, 15) is 9.59 Å². The molecule has 0 aliphatic rings. The van der Waals surface area contributed by atoms with Gasteiger partial charge < -0.3 is 13.9 Å². The summed E-state index contributed by atoms with van der Waals surface area (Å²) >= 11 is 0. The SMILES string of the molecule is CCOC(=O)CC(=O)c1ccc(COC)o1. The van der Waals surface area contributed by atoms with Crippen molar-refractivity contribution in [3.63, 3.8) is 0 Å². The maximum absolute atomic E-state index is 11.5. The Balaban J connectivity index is 2.55. The lowest BCUT2D eigenvalue weighted by molar-refractivity contribution is -0.142. The van der Waals surface area contributed by atoms with Crippen LogP contribution in [0.4, 0.5) is 0 Å². The highest BCUT2D eigenvalue weighted by atomic mass is 16.5. The summed E-state index contributed by atoms with van der Waals surface area (Å²) in [6, 6.07) is 3.16. The highest BCUT2D eigenvalue weighted by Gasteiger charge is 2.16. The van der Waals surface area contributed by atoms with Crippen LogP contribution in [0.15, 0.2) is 16.5 Å². The van der Waals surface area contributed by atoms with Gasteiger partial charge in [-0.25, -0.2) is 0 Å². The molecule has 0 aliphatic heterocycles. The van der Waals surface area contributed by atoms with Crippen molar-refractivity contribution in [2.45, 2.75) is 20.0 Å². The van der Waals surface area contributed by atoms with Gasteiger partial charge in [-0.2, -0.15) is 0 Å². The van der Waals surface area contributed by atoms with E-state index in [1.54, 1.807) is 13.0 Å². The summed E-state index contributed by atoms with van der Waals surface area (Å²) in [4.78, 5) is 22.6. The third-order valence-electron chi connectivity index (χ3n) is 1.83. The maximum Gasteiger partial charge on any atom is 0.313 e. The zero-order chi connectivity index (χ0) is 12.0. The van der Waals surface area contributed by atoms with Crippen LogP contribution in [0.25, 0.3) is 0 Å². The molecule has 0 fully saturated rings. The minimum absolute atomic E-state index is 0.153. The molecule has 0 saturated heterocycles. The molecular formula is C11H14O5. The van der Waals surface area contributed by atoms with Crippen LogP contribution in [0.2, 0.25) is 0 Å². The molecule has 0 saturated carbocycles. The Hall–Kier alpha value is -1.62. The number of hydrogen-bond donors (Lipinski definition) is 0. The second kappa shape index (κ2) is 6.07. The van der Waals surface area contributed by atoms with E-state index in [0.717, 1.165) is 0 Å². The molecule has 0 bridgehead atoms. The number of esters is 1. The second-order valence-electron chi connectivity index (χ2n) is 3.10. The van der Waals surface area contributed by atoms with Crippen LogP contribution in [-0.4, -0.2) is 25.5 Å². The largest absolute Gasteiger partial charge is 0.466 e. The van der Waals surface area contributed by atoms with Crippen molar-refractivity contribution in [2.75, 3.05) is 13.7 Å². The Labute approximate surface area is 93.3 Å². The van der Waals surface area contributed by atoms with Crippen molar-refractivity contribution >= 4 is 11.8 Å². The third-order valence-corrected chi connectivity index (χ3v) is 1.83. The van der Waals surface area contributed by atoms with Gasteiger partial charge in [0.05, 0.1) is 6.61 Å². The molecule has 0 spiro atoms. The minimum Gasteiger partial charge on any atom is -0.466 e. The second-order valence-corrected chi connectivity index (χ2v) is 3.10. The van der Waals surface area contributed by atoms with E-state index in [-0.39, 0.29) is 24.6 Å². The third kappa shape index (κ3) is 3.51. The molecule has 0 aliphatic carbocycles. The molecule has 1 aromatic heterocycles. The molecule has 1 heterocycles. The van der Waals surface area contributed by atoms with E-state index in [2.05, 4.69) is 4.74 Å². The van der Waals surface area contributed by atoms with Gasteiger partial charge in [-0.1, -0.05) is 0 Å². The first kappa shape index (κ1) is 12.4. The van der Waals surface area contributed by atoms with Gasteiger partial charge >= 0.3 is 5.97 Å². The summed E-state index contributed by atoms with van der Waals surface area (Å²) in [6.07, 6.45) is -0.298. The molecule has 5 heteroatoms. The van der Waals surface area contributed by atoms with Gasteiger partial charge in [0.15, 0.2) is 5.76 Å². The Kier molecular flexibility index (Phi) is 4.72. The molecule has 0 unspecified atom stereocenters. The van der Waals surface area contributed by atoms with Gasteiger partial charge in [0.1, 0.15) is 18.8 Å². The van der Waals surface area contributed by atoms with Crippen molar-refractivity contribution < 1.29 is 23.5 Å². The fourth-order valence-corrected chi connectivity index (χ4v) is 1.18. The highest BCUT2D eigenvalue weighted by molar-refractivity contribution is 6.04. The Morgan fingerprint density at radius 3 is 2.75 bits per heavy atom. The van der Waals surface area contributed by atoms with Crippen LogP contribution in [-0.2, 0) is 20.9 Å². The molecule has 0 atom stereocenters. The number of ketones is 1. The number of carbonyl (C=O) groups is 2. The summed E-state index contributed by atoms with van der Waals surface area (Å²) < 4.78 is 14.7. The van der Waals surface area contributed by atoms with Crippen molar-refractivity contribution in [2.24, 2.45) is 0 Å². The van der Waals surface area contributed by atoms with E-state index in [4.69, 9.17) is 9.15 Å². The molecule has 88 valence electrons. The van der Waals surface area contributed by atoms with Gasteiger partial charge in [0.2, 0.25) is 5.78 Å². The summed E-state index contributed by atoms with van der Waals surface area (Å²) in [5, 5.41) is 0. The molecular weight excluding hydrogens is 212 g/mol. The van der Waals surface area contributed by atoms with Gasteiger partial charge in [-0.3, -0.25) is 9.59 Å². The summed E-state index contributed by atoms with van der Waals surface area (Å²) in [5.74, 6) is -0.229. The van der Waals surface area contributed by atoms with Gasteiger partial charge in [0, 0.05) is 7.11 Å². The number of rotatable bonds is 6. The average Bonchev–Trinajstić information content (AvgIpc) is 2.67. The van der Waals surface area contributed by atoms with Crippen LogP contribution in [0.3, 0.4) is 0 Å². The van der Waals surface area contributed by atoms with Crippen LogP contribution in [0, 0.1) is 0 Å². The maximum atomic E-state index is 11.5. The molecule has 16 heavy (non-hydrogen) atoms. The van der Waals surface area contributed by atoms with Crippen molar-refractivity contribution in [1.29, 1.82) is 0 Å². The van der Waals surface area contributed by atoms with Gasteiger partial charge in [-0.15, -0.1) is 0 Å². The van der Waals surface area contributed by atoms with Crippen LogP contribution < -0.4 is 0 Å². The summed E-state index contributed by atoms with van der Waals surface area (Å²) in [6.45, 7) is 2.25. The lowest BCUT2D eigenvalue weighted by Gasteiger charge is -1.99. The summed E-state index contributed by atoms with van der Waals surface area (Å²) in [5.41, 5.74) is 0.